The Bertz CT molecular complexity index is 1040. The SMILES string of the molecule is COC(=O)CC(NC(=O)c1sc(NC(=O)c2ccco2)cc1C)c1ccc(Br)cc1. The Morgan fingerprint density at radius 1 is 1.17 bits per heavy atom. The van der Waals surface area contributed by atoms with E-state index in [2.05, 4.69) is 26.6 Å². The summed E-state index contributed by atoms with van der Waals surface area (Å²) < 4.78 is 10.7. The maximum absolute atomic E-state index is 12.9. The fourth-order valence-electron chi connectivity index (χ4n) is 2.77. The van der Waals surface area contributed by atoms with Crippen molar-refractivity contribution in [3.8, 4) is 0 Å². The van der Waals surface area contributed by atoms with Crippen LogP contribution in [0.3, 0.4) is 0 Å². The lowest BCUT2D eigenvalue weighted by Crippen LogP contribution is -2.30. The van der Waals surface area contributed by atoms with E-state index in [1.807, 2.05) is 24.3 Å². The van der Waals surface area contributed by atoms with Gasteiger partial charge in [0.25, 0.3) is 11.8 Å². The van der Waals surface area contributed by atoms with E-state index in [9.17, 15) is 14.4 Å². The lowest BCUT2D eigenvalue weighted by atomic mass is 10.0. The number of carbonyl (C=O) groups excluding carboxylic acids is 3. The highest BCUT2D eigenvalue weighted by atomic mass is 79.9. The molecular formula is C21H19BrN2O5S. The van der Waals surface area contributed by atoms with Gasteiger partial charge < -0.3 is 19.8 Å². The van der Waals surface area contributed by atoms with E-state index in [4.69, 9.17) is 9.15 Å². The van der Waals surface area contributed by atoms with Gasteiger partial charge in [-0.05, 0) is 48.4 Å². The number of thiophene rings is 1. The monoisotopic (exact) mass is 490 g/mol. The molecule has 1 aromatic carbocycles. The first-order valence-corrected chi connectivity index (χ1v) is 10.6. The standard InChI is InChI=1S/C21H19BrN2O5S/c1-12-10-17(24-20(26)16-4-3-9-29-16)30-19(12)21(27)23-15(11-18(25)28-2)13-5-7-14(22)8-6-13/h3-10,15H,11H2,1-2H3,(H,23,27)(H,24,26). The number of hydrogen-bond acceptors (Lipinski definition) is 6. The van der Waals surface area contributed by atoms with Crippen molar-refractivity contribution in [1.29, 1.82) is 0 Å². The van der Waals surface area contributed by atoms with Gasteiger partial charge in [-0.1, -0.05) is 28.1 Å². The maximum Gasteiger partial charge on any atom is 0.307 e. The van der Waals surface area contributed by atoms with Crippen LogP contribution in [0.4, 0.5) is 5.00 Å². The van der Waals surface area contributed by atoms with Crippen molar-refractivity contribution < 1.29 is 23.5 Å². The zero-order valence-corrected chi connectivity index (χ0v) is 18.6. The van der Waals surface area contributed by atoms with Crippen LogP contribution in [0.1, 0.15) is 43.8 Å². The molecule has 0 aliphatic rings. The molecule has 2 aromatic heterocycles. The van der Waals surface area contributed by atoms with Crippen LogP contribution < -0.4 is 10.6 Å². The summed E-state index contributed by atoms with van der Waals surface area (Å²) >= 11 is 4.52. The molecule has 2 amide bonds. The molecule has 0 fully saturated rings. The van der Waals surface area contributed by atoms with Gasteiger partial charge in [0.05, 0.1) is 35.7 Å². The maximum atomic E-state index is 12.9. The topological polar surface area (TPSA) is 97.6 Å². The Labute approximate surface area is 185 Å². The Hall–Kier alpha value is -2.91. The second kappa shape index (κ2) is 9.73. The largest absolute Gasteiger partial charge is 0.469 e. The molecule has 0 aliphatic heterocycles. The van der Waals surface area contributed by atoms with Crippen molar-refractivity contribution in [3.63, 3.8) is 0 Å². The zero-order chi connectivity index (χ0) is 21.7. The van der Waals surface area contributed by atoms with E-state index >= 15 is 0 Å². The summed E-state index contributed by atoms with van der Waals surface area (Å²) in [5.41, 5.74) is 1.48. The average Bonchev–Trinajstić information content (AvgIpc) is 3.38. The summed E-state index contributed by atoms with van der Waals surface area (Å²) in [4.78, 5) is 37.4. The van der Waals surface area contributed by atoms with E-state index in [0.717, 1.165) is 21.4 Å². The van der Waals surface area contributed by atoms with Crippen molar-refractivity contribution in [2.24, 2.45) is 0 Å². The molecule has 3 rings (SSSR count). The van der Waals surface area contributed by atoms with Gasteiger partial charge in [0.1, 0.15) is 0 Å². The summed E-state index contributed by atoms with van der Waals surface area (Å²) in [6, 6.07) is 11.7. The number of carbonyl (C=O) groups is 3. The lowest BCUT2D eigenvalue weighted by molar-refractivity contribution is -0.141. The molecule has 3 aromatic rings. The minimum absolute atomic E-state index is 0.00359. The number of amides is 2. The molecule has 156 valence electrons. The fraction of sp³-hybridized carbons (Fsp3) is 0.190. The number of furan rings is 1. The second-order valence-electron chi connectivity index (χ2n) is 6.41. The van der Waals surface area contributed by atoms with Crippen LogP contribution in [0.5, 0.6) is 0 Å². The van der Waals surface area contributed by atoms with Crippen LogP contribution in [0, 0.1) is 6.92 Å². The summed E-state index contributed by atoms with van der Waals surface area (Å²) in [6.45, 7) is 1.78. The first-order chi connectivity index (χ1) is 14.4. The van der Waals surface area contributed by atoms with E-state index in [-0.39, 0.29) is 18.1 Å². The third-order valence-electron chi connectivity index (χ3n) is 4.28. The number of benzene rings is 1. The predicted octanol–water partition coefficient (Wildman–Crippen LogP) is 4.70. The molecule has 1 atom stereocenters. The molecular weight excluding hydrogens is 472 g/mol. The number of anilines is 1. The first-order valence-electron chi connectivity index (χ1n) is 8.96. The summed E-state index contributed by atoms with van der Waals surface area (Å²) in [6.07, 6.45) is 1.41. The number of halogens is 1. The van der Waals surface area contributed by atoms with Crippen molar-refractivity contribution >= 4 is 50.1 Å². The molecule has 2 heterocycles. The van der Waals surface area contributed by atoms with E-state index < -0.39 is 17.9 Å². The Morgan fingerprint density at radius 2 is 1.90 bits per heavy atom. The van der Waals surface area contributed by atoms with Gasteiger partial charge in [0.2, 0.25) is 0 Å². The molecule has 2 N–H and O–H groups in total. The average molecular weight is 491 g/mol. The molecule has 30 heavy (non-hydrogen) atoms. The van der Waals surface area contributed by atoms with E-state index in [1.165, 1.54) is 13.4 Å². The third-order valence-corrected chi connectivity index (χ3v) is 5.96. The van der Waals surface area contributed by atoms with Gasteiger partial charge in [0, 0.05) is 4.47 Å². The zero-order valence-electron chi connectivity index (χ0n) is 16.2. The Morgan fingerprint density at radius 3 is 2.53 bits per heavy atom. The Kier molecular flexibility index (Phi) is 7.07. The highest BCUT2D eigenvalue weighted by Gasteiger charge is 2.22. The van der Waals surface area contributed by atoms with Crippen LogP contribution >= 0.6 is 27.3 Å². The molecule has 0 saturated heterocycles. The molecule has 0 aliphatic carbocycles. The van der Waals surface area contributed by atoms with Gasteiger partial charge in [-0.15, -0.1) is 11.3 Å². The fourth-order valence-corrected chi connectivity index (χ4v) is 4.01. The molecule has 7 nitrogen and oxygen atoms in total. The van der Waals surface area contributed by atoms with Crippen LogP contribution in [-0.4, -0.2) is 24.9 Å². The molecule has 9 heteroatoms. The predicted molar refractivity (Wildman–Crippen MR) is 117 cm³/mol. The van der Waals surface area contributed by atoms with Gasteiger partial charge in [-0.3, -0.25) is 14.4 Å². The molecule has 1 unspecified atom stereocenters. The minimum Gasteiger partial charge on any atom is -0.469 e. The number of methoxy groups -OCH3 is 1. The molecule has 0 radical (unpaired) electrons. The van der Waals surface area contributed by atoms with Crippen molar-refractivity contribution in [2.75, 3.05) is 12.4 Å². The van der Waals surface area contributed by atoms with E-state index in [1.54, 1.807) is 25.1 Å². The number of aryl methyl sites for hydroxylation is 1. The van der Waals surface area contributed by atoms with Crippen LogP contribution in [0.15, 0.2) is 57.6 Å². The van der Waals surface area contributed by atoms with Gasteiger partial charge in [0.15, 0.2) is 5.76 Å². The van der Waals surface area contributed by atoms with Crippen molar-refractivity contribution in [2.45, 2.75) is 19.4 Å². The lowest BCUT2D eigenvalue weighted by Gasteiger charge is -2.18. The third kappa shape index (κ3) is 5.37. The number of hydrogen-bond donors (Lipinski definition) is 2. The van der Waals surface area contributed by atoms with Gasteiger partial charge >= 0.3 is 5.97 Å². The van der Waals surface area contributed by atoms with Crippen molar-refractivity contribution in [1.82, 2.24) is 5.32 Å². The highest BCUT2D eigenvalue weighted by molar-refractivity contribution is 9.10. The quantitative estimate of drug-likeness (QED) is 0.467. The van der Waals surface area contributed by atoms with Crippen LogP contribution in [0.25, 0.3) is 0 Å². The molecule has 0 bridgehead atoms. The van der Waals surface area contributed by atoms with Gasteiger partial charge in [-0.2, -0.15) is 0 Å². The van der Waals surface area contributed by atoms with Crippen LogP contribution in [0.2, 0.25) is 0 Å². The normalized spacial score (nSPS) is 11.6. The van der Waals surface area contributed by atoms with Gasteiger partial charge in [-0.25, -0.2) is 0 Å². The number of ether oxygens (including phenoxy) is 1. The summed E-state index contributed by atoms with van der Waals surface area (Å²) in [5, 5.41) is 6.13. The summed E-state index contributed by atoms with van der Waals surface area (Å²) in [7, 11) is 1.31. The molecule has 0 spiro atoms. The number of rotatable bonds is 7. The second-order valence-corrected chi connectivity index (χ2v) is 8.38. The smallest absolute Gasteiger partial charge is 0.307 e. The van der Waals surface area contributed by atoms with Crippen molar-refractivity contribution in [3.05, 3.63) is 75.0 Å². The summed E-state index contributed by atoms with van der Waals surface area (Å²) in [5.74, 6) is -0.989. The number of nitrogens with one attached hydrogen (secondary N) is 2. The number of esters is 1. The minimum atomic E-state index is -0.555. The highest BCUT2D eigenvalue weighted by Crippen LogP contribution is 2.28. The molecule has 0 saturated carbocycles. The van der Waals surface area contributed by atoms with E-state index in [0.29, 0.717) is 15.4 Å². The first kappa shape index (κ1) is 21.8. The Balaban J connectivity index is 1.76. The van der Waals surface area contributed by atoms with Crippen LogP contribution in [-0.2, 0) is 9.53 Å².